The molecule has 0 amide bonds. The minimum atomic E-state index is -4.30. The second-order valence-corrected chi connectivity index (χ2v) is 6.28. The number of aldehydes is 1. The molecule has 0 saturated carbocycles. The zero-order chi connectivity index (χ0) is 15.3. The molecule has 0 aromatic heterocycles. The van der Waals surface area contributed by atoms with E-state index in [2.05, 4.69) is 4.90 Å². The third kappa shape index (κ3) is 4.74. The monoisotopic (exact) mass is 317 g/mol. The molecule has 0 N–H and O–H groups in total. The Morgan fingerprint density at radius 2 is 2.14 bits per heavy atom. The van der Waals surface area contributed by atoms with E-state index in [4.69, 9.17) is 0 Å². The summed E-state index contributed by atoms with van der Waals surface area (Å²) in [5.41, 5.74) is -0.615. The standard InChI is InChI=1S/C15H18F3NOS/c16-15(17,18)12-4-3-6-14(10-12)21-9-8-19-7-2-1-5-13(19)11-20/h3-4,6,10-11,13H,1-2,5,7-9H2. The van der Waals surface area contributed by atoms with Crippen LogP contribution in [0, 0.1) is 0 Å². The molecule has 1 saturated heterocycles. The molecular weight excluding hydrogens is 299 g/mol. The summed E-state index contributed by atoms with van der Waals surface area (Å²) in [5, 5.41) is 0. The lowest BCUT2D eigenvalue weighted by molar-refractivity contribution is -0.137. The molecule has 1 aromatic rings. The van der Waals surface area contributed by atoms with Crippen molar-refractivity contribution in [2.45, 2.75) is 36.4 Å². The van der Waals surface area contributed by atoms with Gasteiger partial charge in [-0.1, -0.05) is 12.5 Å². The molecule has 1 aliphatic heterocycles. The highest BCUT2D eigenvalue weighted by molar-refractivity contribution is 7.99. The molecule has 0 aliphatic carbocycles. The maximum absolute atomic E-state index is 12.6. The first kappa shape index (κ1) is 16.4. The van der Waals surface area contributed by atoms with Crippen LogP contribution in [0.2, 0.25) is 0 Å². The van der Waals surface area contributed by atoms with Crippen LogP contribution in [0.15, 0.2) is 29.2 Å². The lowest BCUT2D eigenvalue weighted by Crippen LogP contribution is -2.41. The summed E-state index contributed by atoms with van der Waals surface area (Å²) in [6, 6.07) is 5.35. The number of carbonyl (C=O) groups excluding carboxylic acids is 1. The van der Waals surface area contributed by atoms with Crippen molar-refractivity contribution in [2.75, 3.05) is 18.8 Å². The van der Waals surface area contributed by atoms with Crippen molar-refractivity contribution in [3.63, 3.8) is 0 Å². The van der Waals surface area contributed by atoms with Gasteiger partial charge < -0.3 is 4.79 Å². The van der Waals surface area contributed by atoms with Gasteiger partial charge in [-0.25, -0.2) is 0 Å². The number of thioether (sulfide) groups is 1. The van der Waals surface area contributed by atoms with Crippen molar-refractivity contribution >= 4 is 18.0 Å². The van der Waals surface area contributed by atoms with E-state index in [0.717, 1.165) is 44.7 Å². The minimum absolute atomic E-state index is 0.0270. The molecule has 2 nitrogen and oxygen atoms in total. The average Bonchev–Trinajstić information content (AvgIpc) is 2.47. The molecule has 1 fully saturated rings. The van der Waals surface area contributed by atoms with Gasteiger partial charge >= 0.3 is 6.18 Å². The average molecular weight is 317 g/mol. The second-order valence-electron chi connectivity index (χ2n) is 5.11. The summed E-state index contributed by atoms with van der Waals surface area (Å²) in [6.45, 7) is 1.62. The van der Waals surface area contributed by atoms with E-state index < -0.39 is 11.7 Å². The van der Waals surface area contributed by atoms with Crippen LogP contribution in [0.4, 0.5) is 13.2 Å². The Morgan fingerprint density at radius 3 is 2.86 bits per heavy atom. The van der Waals surface area contributed by atoms with Crippen molar-refractivity contribution in [2.24, 2.45) is 0 Å². The van der Waals surface area contributed by atoms with Crippen LogP contribution in [-0.2, 0) is 11.0 Å². The molecule has 1 heterocycles. The Morgan fingerprint density at radius 1 is 1.33 bits per heavy atom. The predicted octanol–water partition coefficient (Wildman–Crippen LogP) is 3.85. The first-order valence-electron chi connectivity index (χ1n) is 7.00. The zero-order valence-corrected chi connectivity index (χ0v) is 12.4. The van der Waals surface area contributed by atoms with Crippen LogP contribution in [0.25, 0.3) is 0 Å². The normalized spacial score (nSPS) is 20.4. The Kier molecular flexibility index (Phi) is 5.70. The van der Waals surface area contributed by atoms with Gasteiger partial charge in [-0.3, -0.25) is 4.90 Å². The van der Waals surface area contributed by atoms with Gasteiger partial charge in [0.1, 0.15) is 6.29 Å². The molecule has 6 heteroatoms. The maximum Gasteiger partial charge on any atom is 0.416 e. The number of hydrogen-bond donors (Lipinski definition) is 0. The van der Waals surface area contributed by atoms with E-state index in [9.17, 15) is 18.0 Å². The van der Waals surface area contributed by atoms with Gasteiger partial charge in [0.2, 0.25) is 0 Å². The molecule has 2 rings (SSSR count). The summed E-state index contributed by atoms with van der Waals surface area (Å²) in [5.74, 6) is 0.686. The van der Waals surface area contributed by atoms with Crippen molar-refractivity contribution in [3.05, 3.63) is 29.8 Å². The molecule has 21 heavy (non-hydrogen) atoms. The highest BCUT2D eigenvalue weighted by Crippen LogP contribution is 2.32. The molecular formula is C15H18F3NOS. The third-order valence-corrected chi connectivity index (χ3v) is 4.60. The molecule has 1 aromatic carbocycles. The molecule has 1 unspecified atom stereocenters. The third-order valence-electron chi connectivity index (χ3n) is 3.63. The number of rotatable bonds is 5. The van der Waals surface area contributed by atoms with Crippen LogP contribution in [0.1, 0.15) is 24.8 Å². The van der Waals surface area contributed by atoms with Gasteiger partial charge in [-0.2, -0.15) is 13.2 Å². The van der Waals surface area contributed by atoms with Crippen LogP contribution < -0.4 is 0 Å². The summed E-state index contributed by atoms with van der Waals surface area (Å²) >= 11 is 1.40. The van der Waals surface area contributed by atoms with Gasteiger partial charge in [0, 0.05) is 17.2 Å². The number of likely N-dealkylation sites (tertiary alicyclic amines) is 1. The van der Waals surface area contributed by atoms with Gasteiger partial charge in [0.25, 0.3) is 0 Å². The van der Waals surface area contributed by atoms with E-state index in [0.29, 0.717) is 10.6 Å². The fraction of sp³-hybridized carbons (Fsp3) is 0.533. The highest BCUT2D eigenvalue weighted by atomic mass is 32.2. The van der Waals surface area contributed by atoms with Crippen LogP contribution >= 0.6 is 11.8 Å². The molecule has 0 bridgehead atoms. The Hall–Kier alpha value is -1.01. The largest absolute Gasteiger partial charge is 0.416 e. The first-order valence-corrected chi connectivity index (χ1v) is 7.98. The van der Waals surface area contributed by atoms with Crippen LogP contribution in [0.5, 0.6) is 0 Å². The summed E-state index contributed by atoms with van der Waals surface area (Å²) in [4.78, 5) is 13.7. The topological polar surface area (TPSA) is 20.3 Å². The zero-order valence-electron chi connectivity index (χ0n) is 11.6. The van der Waals surface area contributed by atoms with Crippen molar-refractivity contribution in [3.8, 4) is 0 Å². The summed E-state index contributed by atoms with van der Waals surface area (Å²) in [6.07, 6.45) is -0.281. The maximum atomic E-state index is 12.6. The fourth-order valence-electron chi connectivity index (χ4n) is 2.49. The van der Waals surface area contributed by atoms with Crippen molar-refractivity contribution in [1.29, 1.82) is 0 Å². The number of halogens is 3. The minimum Gasteiger partial charge on any atom is -0.302 e. The predicted molar refractivity (Wildman–Crippen MR) is 77.4 cm³/mol. The van der Waals surface area contributed by atoms with Gasteiger partial charge in [0.05, 0.1) is 11.6 Å². The number of hydrogen-bond acceptors (Lipinski definition) is 3. The van der Waals surface area contributed by atoms with Gasteiger partial charge in [-0.15, -0.1) is 11.8 Å². The number of piperidine rings is 1. The lowest BCUT2D eigenvalue weighted by Gasteiger charge is -2.31. The number of carbonyl (C=O) groups is 1. The highest BCUT2D eigenvalue weighted by Gasteiger charge is 2.30. The summed E-state index contributed by atoms with van der Waals surface area (Å²) < 4.78 is 37.9. The lowest BCUT2D eigenvalue weighted by atomic mass is 10.0. The van der Waals surface area contributed by atoms with E-state index in [-0.39, 0.29) is 6.04 Å². The Balaban J connectivity index is 1.87. The Labute approximate surface area is 126 Å². The van der Waals surface area contributed by atoms with Gasteiger partial charge in [-0.05, 0) is 37.6 Å². The SMILES string of the molecule is O=CC1CCCCN1CCSc1cccc(C(F)(F)F)c1. The second kappa shape index (κ2) is 7.31. The Bertz CT molecular complexity index is 478. The van der Waals surface area contributed by atoms with Crippen molar-refractivity contribution in [1.82, 2.24) is 4.90 Å². The molecule has 0 radical (unpaired) electrons. The van der Waals surface area contributed by atoms with E-state index in [1.807, 2.05) is 0 Å². The van der Waals surface area contributed by atoms with E-state index in [1.165, 1.54) is 23.9 Å². The molecule has 116 valence electrons. The number of nitrogens with zero attached hydrogens (tertiary/aromatic N) is 1. The molecule has 1 atom stereocenters. The number of alkyl halides is 3. The van der Waals surface area contributed by atoms with E-state index >= 15 is 0 Å². The smallest absolute Gasteiger partial charge is 0.302 e. The first-order chi connectivity index (χ1) is 10.0. The fourth-order valence-corrected chi connectivity index (χ4v) is 3.44. The van der Waals surface area contributed by atoms with Crippen LogP contribution in [0.3, 0.4) is 0 Å². The molecule has 1 aliphatic rings. The quantitative estimate of drug-likeness (QED) is 0.608. The van der Waals surface area contributed by atoms with Gasteiger partial charge in [0.15, 0.2) is 0 Å². The van der Waals surface area contributed by atoms with Crippen LogP contribution in [-0.4, -0.2) is 36.1 Å². The van der Waals surface area contributed by atoms with E-state index in [1.54, 1.807) is 6.07 Å². The molecule has 0 spiro atoms. The van der Waals surface area contributed by atoms with Crippen molar-refractivity contribution < 1.29 is 18.0 Å². The number of benzene rings is 1. The summed E-state index contributed by atoms with van der Waals surface area (Å²) in [7, 11) is 0.